The normalized spacial score (nSPS) is 13.2. The molecule has 110 valence electrons. The van der Waals surface area contributed by atoms with Crippen molar-refractivity contribution in [2.24, 2.45) is 5.41 Å². The highest BCUT2D eigenvalue weighted by Crippen LogP contribution is 2.32. The van der Waals surface area contributed by atoms with E-state index in [1.807, 2.05) is 20.8 Å². The van der Waals surface area contributed by atoms with Crippen molar-refractivity contribution in [1.82, 2.24) is 0 Å². The zero-order chi connectivity index (χ0) is 15.2. The van der Waals surface area contributed by atoms with Crippen LogP contribution in [0.25, 0.3) is 0 Å². The van der Waals surface area contributed by atoms with Crippen molar-refractivity contribution in [2.45, 2.75) is 33.3 Å². The maximum atomic E-state index is 11.7. The summed E-state index contributed by atoms with van der Waals surface area (Å²) in [6.07, 6.45) is 3.73. The van der Waals surface area contributed by atoms with Crippen LogP contribution >= 0.6 is 0 Å². The van der Waals surface area contributed by atoms with Crippen LogP contribution in [0.4, 0.5) is 0 Å². The van der Waals surface area contributed by atoms with Gasteiger partial charge in [-0.25, -0.2) is 9.59 Å². The van der Waals surface area contributed by atoms with E-state index in [2.05, 4.69) is 4.74 Å². The number of rotatable bonds is 5. The van der Waals surface area contributed by atoms with E-state index in [0.29, 0.717) is 12.2 Å². The van der Waals surface area contributed by atoms with Crippen LogP contribution in [0.1, 0.15) is 39.1 Å². The SMILES string of the molecule is COC(=O)/C=C/C(=O)O[C@@H](CC(C)(C)C)c1ccco1. The summed E-state index contributed by atoms with van der Waals surface area (Å²) in [6, 6.07) is 3.50. The number of esters is 2. The van der Waals surface area contributed by atoms with E-state index >= 15 is 0 Å². The molecule has 0 aliphatic rings. The van der Waals surface area contributed by atoms with E-state index in [4.69, 9.17) is 9.15 Å². The van der Waals surface area contributed by atoms with E-state index in [9.17, 15) is 9.59 Å². The summed E-state index contributed by atoms with van der Waals surface area (Å²) in [4.78, 5) is 22.6. The molecule has 20 heavy (non-hydrogen) atoms. The zero-order valence-corrected chi connectivity index (χ0v) is 12.2. The summed E-state index contributed by atoms with van der Waals surface area (Å²) in [6.45, 7) is 6.13. The second kappa shape index (κ2) is 6.93. The number of ether oxygens (including phenoxy) is 2. The van der Waals surface area contributed by atoms with Crippen molar-refractivity contribution in [2.75, 3.05) is 7.11 Å². The third-order valence-corrected chi connectivity index (χ3v) is 2.47. The van der Waals surface area contributed by atoms with Crippen LogP contribution < -0.4 is 0 Å². The highest BCUT2D eigenvalue weighted by Gasteiger charge is 2.25. The molecule has 1 atom stereocenters. The molecular formula is C15H20O5. The summed E-state index contributed by atoms with van der Waals surface area (Å²) in [5.74, 6) is -0.631. The molecule has 0 N–H and O–H groups in total. The average molecular weight is 280 g/mol. The molecule has 1 heterocycles. The Balaban J connectivity index is 2.73. The first-order valence-electron chi connectivity index (χ1n) is 6.32. The Labute approximate surface area is 118 Å². The first-order chi connectivity index (χ1) is 9.31. The van der Waals surface area contributed by atoms with Gasteiger partial charge in [0.25, 0.3) is 0 Å². The highest BCUT2D eigenvalue weighted by atomic mass is 16.6. The molecule has 0 radical (unpaired) electrons. The van der Waals surface area contributed by atoms with Gasteiger partial charge in [-0.3, -0.25) is 0 Å². The zero-order valence-electron chi connectivity index (χ0n) is 12.2. The van der Waals surface area contributed by atoms with Crippen LogP contribution in [0.2, 0.25) is 0 Å². The van der Waals surface area contributed by atoms with Gasteiger partial charge in [0, 0.05) is 12.2 Å². The molecular weight excluding hydrogens is 260 g/mol. The lowest BCUT2D eigenvalue weighted by Crippen LogP contribution is -2.17. The van der Waals surface area contributed by atoms with Crippen molar-refractivity contribution < 1.29 is 23.5 Å². The number of carbonyl (C=O) groups excluding carboxylic acids is 2. The topological polar surface area (TPSA) is 65.7 Å². The molecule has 0 aliphatic carbocycles. The molecule has 1 aromatic rings. The minimum atomic E-state index is -0.610. The third-order valence-electron chi connectivity index (χ3n) is 2.47. The van der Waals surface area contributed by atoms with Crippen LogP contribution in [-0.2, 0) is 19.1 Å². The highest BCUT2D eigenvalue weighted by molar-refractivity contribution is 5.91. The minimum Gasteiger partial charge on any atom is -0.466 e. The third kappa shape index (κ3) is 5.73. The molecule has 0 aromatic carbocycles. The monoisotopic (exact) mass is 280 g/mol. The van der Waals surface area contributed by atoms with Crippen LogP contribution in [0, 0.1) is 5.41 Å². The molecule has 0 amide bonds. The van der Waals surface area contributed by atoms with Gasteiger partial charge in [-0.15, -0.1) is 0 Å². The van der Waals surface area contributed by atoms with Gasteiger partial charge in [-0.1, -0.05) is 20.8 Å². The van der Waals surface area contributed by atoms with Gasteiger partial charge in [0.15, 0.2) is 6.10 Å². The van der Waals surface area contributed by atoms with Gasteiger partial charge in [0.1, 0.15) is 5.76 Å². The number of hydrogen-bond acceptors (Lipinski definition) is 5. The number of furan rings is 1. The largest absolute Gasteiger partial charge is 0.466 e. The summed E-state index contributed by atoms with van der Waals surface area (Å²) in [7, 11) is 1.24. The fraction of sp³-hybridized carbons (Fsp3) is 0.467. The first kappa shape index (κ1) is 16.0. The fourth-order valence-electron chi connectivity index (χ4n) is 1.61. The van der Waals surface area contributed by atoms with E-state index in [-0.39, 0.29) is 5.41 Å². The Morgan fingerprint density at radius 1 is 1.30 bits per heavy atom. The number of methoxy groups -OCH3 is 1. The van der Waals surface area contributed by atoms with Gasteiger partial charge >= 0.3 is 11.9 Å². The Bertz CT molecular complexity index is 465. The second-order valence-electron chi connectivity index (χ2n) is 5.56. The molecule has 0 unspecified atom stereocenters. The van der Waals surface area contributed by atoms with E-state index < -0.39 is 18.0 Å². The predicted molar refractivity (Wildman–Crippen MR) is 72.8 cm³/mol. The van der Waals surface area contributed by atoms with Crippen molar-refractivity contribution >= 4 is 11.9 Å². The maximum absolute atomic E-state index is 11.7. The Hall–Kier alpha value is -2.04. The van der Waals surface area contributed by atoms with Crippen LogP contribution in [-0.4, -0.2) is 19.0 Å². The van der Waals surface area contributed by atoms with Gasteiger partial charge < -0.3 is 13.9 Å². The van der Waals surface area contributed by atoms with Crippen molar-refractivity contribution in [3.05, 3.63) is 36.3 Å². The summed E-state index contributed by atoms with van der Waals surface area (Å²) in [5.41, 5.74) is -0.0379. The molecule has 0 bridgehead atoms. The van der Waals surface area contributed by atoms with Crippen LogP contribution in [0.5, 0.6) is 0 Å². The molecule has 5 heteroatoms. The Morgan fingerprint density at radius 2 is 1.95 bits per heavy atom. The smallest absolute Gasteiger partial charge is 0.331 e. The maximum Gasteiger partial charge on any atom is 0.331 e. The van der Waals surface area contributed by atoms with Gasteiger partial charge in [0.2, 0.25) is 0 Å². The summed E-state index contributed by atoms with van der Waals surface area (Å²) in [5, 5.41) is 0. The summed E-state index contributed by atoms with van der Waals surface area (Å²) >= 11 is 0. The van der Waals surface area contributed by atoms with Crippen LogP contribution in [0.15, 0.2) is 35.0 Å². The molecule has 5 nitrogen and oxygen atoms in total. The number of carbonyl (C=O) groups is 2. The van der Waals surface area contributed by atoms with Crippen molar-refractivity contribution in [1.29, 1.82) is 0 Å². The number of hydrogen-bond donors (Lipinski definition) is 0. The van der Waals surface area contributed by atoms with Crippen LogP contribution in [0.3, 0.4) is 0 Å². The lowest BCUT2D eigenvalue weighted by atomic mass is 9.88. The second-order valence-corrected chi connectivity index (χ2v) is 5.56. The predicted octanol–water partition coefficient (Wildman–Crippen LogP) is 3.03. The lowest BCUT2D eigenvalue weighted by molar-refractivity contribution is -0.146. The molecule has 0 saturated heterocycles. The molecule has 0 saturated carbocycles. The molecule has 1 aromatic heterocycles. The van der Waals surface area contributed by atoms with Gasteiger partial charge in [-0.05, 0) is 24.0 Å². The van der Waals surface area contributed by atoms with Gasteiger partial charge in [0.05, 0.1) is 13.4 Å². The Morgan fingerprint density at radius 3 is 2.45 bits per heavy atom. The minimum absolute atomic E-state index is 0.0379. The fourth-order valence-corrected chi connectivity index (χ4v) is 1.61. The molecule has 1 rings (SSSR count). The van der Waals surface area contributed by atoms with E-state index in [0.717, 1.165) is 12.2 Å². The lowest BCUT2D eigenvalue weighted by Gasteiger charge is -2.24. The van der Waals surface area contributed by atoms with E-state index in [1.165, 1.54) is 13.4 Å². The van der Waals surface area contributed by atoms with E-state index in [1.54, 1.807) is 12.1 Å². The molecule has 0 fully saturated rings. The quantitative estimate of drug-likeness (QED) is 0.612. The average Bonchev–Trinajstić information content (AvgIpc) is 2.87. The Kier molecular flexibility index (Phi) is 5.55. The molecule has 0 spiro atoms. The van der Waals surface area contributed by atoms with Crippen molar-refractivity contribution in [3.63, 3.8) is 0 Å². The summed E-state index contributed by atoms with van der Waals surface area (Å²) < 4.78 is 15.0. The molecule has 0 aliphatic heterocycles. The van der Waals surface area contributed by atoms with Crippen molar-refractivity contribution in [3.8, 4) is 0 Å². The van der Waals surface area contributed by atoms with Gasteiger partial charge in [-0.2, -0.15) is 0 Å². The first-order valence-corrected chi connectivity index (χ1v) is 6.32. The standard InChI is InChI=1S/C15H20O5/c1-15(2,3)10-12(11-6-5-9-19-11)20-14(17)8-7-13(16)18-4/h5-9,12H,10H2,1-4H3/b8-7+/t12-/m0/s1.